The van der Waals surface area contributed by atoms with E-state index in [9.17, 15) is 9.59 Å². The second kappa shape index (κ2) is 9.09. The molecule has 0 atom stereocenters. The van der Waals surface area contributed by atoms with Crippen LogP contribution in [0.25, 0.3) is 10.9 Å². The molecule has 3 aromatic rings. The number of pyridine rings is 1. The lowest BCUT2D eigenvalue weighted by molar-refractivity contribution is -0.133. The Morgan fingerprint density at radius 2 is 1.87 bits per heavy atom. The quantitative estimate of drug-likeness (QED) is 0.684. The van der Waals surface area contributed by atoms with Crippen LogP contribution in [0.3, 0.4) is 0 Å². The fourth-order valence-electron chi connectivity index (χ4n) is 3.95. The Kier molecular flexibility index (Phi) is 6.09. The van der Waals surface area contributed by atoms with Crippen LogP contribution in [0.2, 0.25) is 0 Å². The Hall–Kier alpha value is -3.19. The molecule has 0 unspecified atom stereocenters. The number of carbonyl (C=O) groups is 2. The number of amides is 2. The number of piperazine rings is 1. The molecule has 2 aromatic heterocycles. The van der Waals surface area contributed by atoms with Crippen LogP contribution in [0.4, 0.5) is 5.69 Å². The minimum atomic E-state index is -0.104. The van der Waals surface area contributed by atoms with Crippen molar-refractivity contribution in [2.75, 3.05) is 38.0 Å². The molecule has 0 bridgehead atoms. The predicted octanol–water partition coefficient (Wildman–Crippen LogP) is 2.38. The van der Waals surface area contributed by atoms with Gasteiger partial charge >= 0.3 is 0 Å². The van der Waals surface area contributed by atoms with Gasteiger partial charge in [0.15, 0.2) is 0 Å². The second-order valence-corrected chi connectivity index (χ2v) is 7.66. The lowest BCUT2D eigenvalue weighted by Crippen LogP contribution is -2.49. The number of nitrogens with one attached hydrogen (secondary N) is 1. The third-order valence-electron chi connectivity index (χ3n) is 5.57. The van der Waals surface area contributed by atoms with Gasteiger partial charge in [-0.1, -0.05) is 12.1 Å². The van der Waals surface area contributed by atoms with E-state index in [-0.39, 0.29) is 11.8 Å². The molecule has 1 aromatic carbocycles. The number of fused-ring (bicyclic) bond motifs is 1. The fraction of sp³-hybridized carbons (Fsp3) is 0.348. The van der Waals surface area contributed by atoms with Gasteiger partial charge in [0.2, 0.25) is 11.8 Å². The highest BCUT2D eigenvalue weighted by Crippen LogP contribution is 2.24. The SMILES string of the molecule is CC(=O)Nc1cccc2c1ccn2CC(=O)N1CCN(CCc2ccccn2)CC1. The number of rotatable bonds is 6. The Morgan fingerprint density at radius 3 is 2.60 bits per heavy atom. The van der Waals surface area contributed by atoms with Gasteiger partial charge in [-0.05, 0) is 30.3 Å². The van der Waals surface area contributed by atoms with Crippen molar-refractivity contribution >= 4 is 28.4 Å². The smallest absolute Gasteiger partial charge is 0.242 e. The number of anilines is 1. The molecule has 1 saturated heterocycles. The summed E-state index contributed by atoms with van der Waals surface area (Å²) in [5.74, 6) is 0.0223. The topological polar surface area (TPSA) is 70.5 Å². The molecule has 156 valence electrons. The highest BCUT2D eigenvalue weighted by Gasteiger charge is 2.21. The molecule has 0 radical (unpaired) electrons. The van der Waals surface area contributed by atoms with Crippen molar-refractivity contribution in [3.05, 3.63) is 60.6 Å². The number of hydrogen-bond acceptors (Lipinski definition) is 4. The first-order valence-electron chi connectivity index (χ1n) is 10.4. The maximum absolute atomic E-state index is 12.9. The molecule has 2 amide bonds. The van der Waals surface area contributed by atoms with Gasteiger partial charge in [0, 0.05) is 69.5 Å². The fourth-order valence-corrected chi connectivity index (χ4v) is 3.95. The van der Waals surface area contributed by atoms with Crippen LogP contribution >= 0.6 is 0 Å². The van der Waals surface area contributed by atoms with Crippen LogP contribution in [0.5, 0.6) is 0 Å². The molecular weight excluding hydrogens is 378 g/mol. The van der Waals surface area contributed by atoms with Gasteiger partial charge < -0.3 is 14.8 Å². The van der Waals surface area contributed by atoms with Crippen molar-refractivity contribution in [3.8, 4) is 0 Å². The molecule has 0 spiro atoms. The van der Waals surface area contributed by atoms with E-state index in [4.69, 9.17) is 0 Å². The molecule has 1 aliphatic rings. The standard InChI is InChI=1S/C23H27N5O2/c1-18(29)25-21-6-4-7-22-20(21)9-12-28(22)17-23(30)27-15-13-26(14-16-27)11-8-19-5-2-3-10-24-19/h2-7,9-10,12H,8,11,13-17H2,1H3,(H,25,29). The molecule has 0 aliphatic carbocycles. The van der Waals surface area contributed by atoms with Gasteiger partial charge in [-0.25, -0.2) is 0 Å². The van der Waals surface area contributed by atoms with Gasteiger partial charge in [-0.2, -0.15) is 0 Å². The van der Waals surface area contributed by atoms with E-state index in [1.54, 1.807) is 0 Å². The van der Waals surface area contributed by atoms with Crippen molar-refractivity contribution < 1.29 is 9.59 Å². The van der Waals surface area contributed by atoms with Crippen molar-refractivity contribution in [1.29, 1.82) is 0 Å². The van der Waals surface area contributed by atoms with E-state index in [0.717, 1.165) is 61.4 Å². The average molecular weight is 406 g/mol. The largest absolute Gasteiger partial charge is 0.339 e. The summed E-state index contributed by atoms with van der Waals surface area (Å²) in [4.78, 5) is 33.0. The van der Waals surface area contributed by atoms with Crippen LogP contribution < -0.4 is 5.32 Å². The van der Waals surface area contributed by atoms with E-state index in [2.05, 4.69) is 21.3 Å². The minimum Gasteiger partial charge on any atom is -0.339 e. The predicted molar refractivity (Wildman–Crippen MR) is 117 cm³/mol. The molecule has 1 aliphatic heterocycles. The van der Waals surface area contributed by atoms with Crippen LogP contribution in [-0.4, -0.2) is 63.9 Å². The number of benzene rings is 1. The van der Waals surface area contributed by atoms with Crippen LogP contribution in [0.1, 0.15) is 12.6 Å². The maximum atomic E-state index is 12.9. The summed E-state index contributed by atoms with van der Waals surface area (Å²) in [5.41, 5.74) is 2.82. The number of carbonyl (C=O) groups excluding carboxylic acids is 2. The van der Waals surface area contributed by atoms with Gasteiger partial charge in [0.05, 0.1) is 11.2 Å². The number of nitrogens with zero attached hydrogens (tertiary/aromatic N) is 4. The van der Waals surface area contributed by atoms with E-state index >= 15 is 0 Å². The number of aromatic nitrogens is 2. The third kappa shape index (κ3) is 4.68. The molecule has 7 nitrogen and oxygen atoms in total. The van der Waals surface area contributed by atoms with Crippen molar-refractivity contribution in [2.45, 2.75) is 19.9 Å². The summed E-state index contributed by atoms with van der Waals surface area (Å²) < 4.78 is 1.95. The summed E-state index contributed by atoms with van der Waals surface area (Å²) in [7, 11) is 0. The van der Waals surface area contributed by atoms with Gasteiger partial charge in [-0.15, -0.1) is 0 Å². The highest BCUT2D eigenvalue weighted by molar-refractivity contribution is 6.01. The van der Waals surface area contributed by atoms with E-state index in [1.807, 2.05) is 58.3 Å². The van der Waals surface area contributed by atoms with Crippen LogP contribution in [-0.2, 0) is 22.6 Å². The number of hydrogen-bond donors (Lipinski definition) is 1. The summed E-state index contributed by atoms with van der Waals surface area (Å²) in [6.07, 6.45) is 4.67. The lowest BCUT2D eigenvalue weighted by Gasteiger charge is -2.34. The molecule has 30 heavy (non-hydrogen) atoms. The zero-order chi connectivity index (χ0) is 20.9. The van der Waals surface area contributed by atoms with Gasteiger partial charge in [-0.3, -0.25) is 19.5 Å². The highest BCUT2D eigenvalue weighted by atomic mass is 16.2. The Morgan fingerprint density at radius 1 is 1.03 bits per heavy atom. The van der Waals surface area contributed by atoms with Crippen LogP contribution in [0, 0.1) is 0 Å². The zero-order valence-corrected chi connectivity index (χ0v) is 17.3. The van der Waals surface area contributed by atoms with E-state index < -0.39 is 0 Å². The average Bonchev–Trinajstić information content (AvgIpc) is 3.17. The van der Waals surface area contributed by atoms with Crippen molar-refractivity contribution in [3.63, 3.8) is 0 Å². The summed E-state index contributed by atoms with van der Waals surface area (Å²) in [5, 5.41) is 3.79. The summed E-state index contributed by atoms with van der Waals surface area (Å²) in [6.45, 7) is 6.04. The minimum absolute atomic E-state index is 0.104. The Bertz CT molecular complexity index is 1020. The van der Waals surface area contributed by atoms with Gasteiger partial charge in [0.1, 0.15) is 6.54 Å². The molecule has 7 heteroatoms. The van der Waals surface area contributed by atoms with Crippen molar-refractivity contribution in [1.82, 2.24) is 19.4 Å². The molecule has 3 heterocycles. The molecule has 1 N–H and O–H groups in total. The Balaban J connectivity index is 1.32. The van der Waals surface area contributed by atoms with Crippen LogP contribution in [0.15, 0.2) is 54.9 Å². The van der Waals surface area contributed by atoms with E-state index in [1.165, 1.54) is 6.92 Å². The lowest BCUT2D eigenvalue weighted by atomic mass is 10.2. The third-order valence-corrected chi connectivity index (χ3v) is 5.57. The maximum Gasteiger partial charge on any atom is 0.242 e. The van der Waals surface area contributed by atoms with Crippen molar-refractivity contribution in [2.24, 2.45) is 0 Å². The first-order chi connectivity index (χ1) is 14.6. The molecule has 1 fully saturated rings. The zero-order valence-electron chi connectivity index (χ0n) is 17.3. The Labute approximate surface area is 176 Å². The van der Waals surface area contributed by atoms with Gasteiger partial charge in [0.25, 0.3) is 0 Å². The van der Waals surface area contributed by atoms with E-state index in [0.29, 0.717) is 6.54 Å². The first-order valence-corrected chi connectivity index (χ1v) is 10.4. The molecule has 4 rings (SSSR count). The normalized spacial score (nSPS) is 14.8. The first kappa shape index (κ1) is 20.1. The molecular formula is C23H27N5O2. The molecule has 0 saturated carbocycles. The monoisotopic (exact) mass is 405 g/mol. The second-order valence-electron chi connectivity index (χ2n) is 7.66. The summed E-state index contributed by atoms with van der Waals surface area (Å²) >= 11 is 0. The summed E-state index contributed by atoms with van der Waals surface area (Å²) in [6, 6.07) is 13.7.